The molecule has 0 atom stereocenters. The van der Waals surface area contributed by atoms with Gasteiger partial charge in [0, 0.05) is 12.2 Å². The van der Waals surface area contributed by atoms with E-state index in [0.717, 1.165) is 12.5 Å². The van der Waals surface area contributed by atoms with Crippen molar-refractivity contribution in [1.29, 1.82) is 0 Å². The molecule has 4 N–H and O–H groups in total. The topological polar surface area (TPSA) is 93.5 Å². The number of hydrogen-bond acceptors (Lipinski definition) is 5. The third-order valence-corrected chi connectivity index (χ3v) is 2.56. The van der Waals surface area contributed by atoms with Crippen molar-refractivity contribution in [2.24, 2.45) is 0 Å². The highest BCUT2D eigenvalue weighted by molar-refractivity contribution is 5.96. The molecule has 0 saturated carbocycles. The Hall–Kier alpha value is -2.31. The van der Waals surface area contributed by atoms with Crippen molar-refractivity contribution in [1.82, 2.24) is 5.32 Å². The number of methoxy groups -OCH3 is 1. The van der Waals surface area contributed by atoms with Crippen LogP contribution >= 0.6 is 0 Å². The molecule has 0 aliphatic carbocycles. The zero-order valence-corrected chi connectivity index (χ0v) is 11.5. The van der Waals surface area contributed by atoms with Gasteiger partial charge in [0.15, 0.2) is 0 Å². The van der Waals surface area contributed by atoms with E-state index in [-0.39, 0.29) is 29.4 Å². The van der Waals surface area contributed by atoms with Crippen molar-refractivity contribution in [3.05, 3.63) is 23.5 Å². The average Bonchev–Trinajstić information content (AvgIpc) is 2.43. The summed E-state index contributed by atoms with van der Waals surface area (Å²) in [7, 11) is 1.20. The number of benzene rings is 1. The van der Waals surface area contributed by atoms with Crippen LogP contribution in [0, 0.1) is 5.82 Å². The Balaban J connectivity index is 2.79. The van der Waals surface area contributed by atoms with Gasteiger partial charge in [0.1, 0.15) is 5.82 Å². The number of carbonyl (C=O) groups is 2. The molecule has 6 nitrogen and oxygen atoms in total. The van der Waals surface area contributed by atoms with E-state index in [4.69, 9.17) is 5.73 Å². The first-order valence-corrected chi connectivity index (χ1v) is 6.17. The molecule has 0 aliphatic heterocycles. The summed E-state index contributed by atoms with van der Waals surface area (Å²) in [5.41, 5.74) is 5.59. The fourth-order valence-corrected chi connectivity index (χ4v) is 1.51. The van der Waals surface area contributed by atoms with Gasteiger partial charge in [-0.15, -0.1) is 0 Å². The van der Waals surface area contributed by atoms with Gasteiger partial charge in [-0.3, -0.25) is 4.79 Å². The summed E-state index contributed by atoms with van der Waals surface area (Å²) in [6, 6.07) is 2.24. The SMILES string of the molecule is CCCNC(=O)CNc1cc(C(=O)OC)c(N)cc1F. The largest absolute Gasteiger partial charge is 0.465 e. The van der Waals surface area contributed by atoms with Crippen molar-refractivity contribution in [3.8, 4) is 0 Å². The van der Waals surface area contributed by atoms with E-state index in [2.05, 4.69) is 15.4 Å². The van der Waals surface area contributed by atoms with Gasteiger partial charge in [-0.1, -0.05) is 6.92 Å². The molecule has 110 valence electrons. The molecule has 20 heavy (non-hydrogen) atoms. The van der Waals surface area contributed by atoms with E-state index in [1.54, 1.807) is 0 Å². The minimum Gasteiger partial charge on any atom is -0.465 e. The number of esters is 1. The minimum absolute atomic E-state index is 0.0182. The van der Waals surface area contributed by atoms with Crippen molar-refractivity contribution in [2.45, 2.75) is 13.3 Å². The first kappa shape index (κ1) is 15.7. The number of halogens is 1. The molecule has 0 bridgehead atoms. The molecule has 0 aromatic heterocycles. The lowest BCUT2D eigenvalue weighted by molar-refractivity contribution is -0.119. The third kappa shape index (κ3) is 4.11. The summed E-state index contributed by atoms with van der Waals surface area (Å²) in [6.45, 7) is 2.38. The molecule has 1 amide bonds. The fourth-order valence-electron chi connectivity index (χ4n) is 1.51. The Labute approximate surface area is 116 Å². The molecular weight excluding hydrogens is 265 g/mol. The third-order valence-electron chi connectivity index (χ3n) is 2.56. The lowest BCUT2D eigenvalue weighted by atomic mass is 10.1. The molecule has 0 unspecified atom stereocenters. The smallest absolute Gasteiger partial charge is 0.340 e. The summed E-state index contributed by atoms with van der Waals surface area (Å²) in [6.07, 6.45) is 0.814. The minimum atomic E-state index is -0.666. The monoisotopic (exact) mass is 283 g/mol. The van der Waals surface area contributed by atoms with Crippen LogP contribution in [0.2, 0.25) is 0 Å². The first-order chi connectivity index (χ1) is 9.49. The van der Waals surface area contributed by atoms with Crippen LogP contribution in [-0.4, -0.2) is 32.1 Å². The highest BCUT2D eigenvalue weighted by Crippen LogP contribution is 2.22. The van der Waals surface area contributed by atoms with E-state index in [9.17, 15) is 14.0 Å². The number of amides is 1. The second-order valence-electron chi connectivity index (χ2n) is 4.11. The molecular formula is C13H18FN3O3. The predicted molar refractivity (Wildman–Crippen MR) is 73.9 cm³/mol. The van der Waals surface area contributed by atoms with Crippen LogP contribution in [0.15, 0.2) is 12.1 Å². The molecule has 0 aliphatic rings. The van der Waals surface area contributed by atoms with E-state index in [0.29, 0.717) is 6.54 Å². The van der Waals surface area contributed by atoms with Gasteiger partial charge in [0.05, 0.1) is 24.9 Å². The first-order valence-electron chi connectivity index (χ1n) is 6.17. The number of nitrogen functional groups attached to an aromatic ring is 1. The van der Waals surface area contributed by atoms with E-state index in [1.165, 1.54) is 13.2 Å². The number of ether oxygens (including phenoxy) is 1. The summed E-state index contributed by atoms with van der Waals surface area (Å²) in [4.78, 5) is 22.9. The molecule has 1 rings (SSSR count). The summed E-state index contributed by atoms with van der Waals surface area (Å²) >= 11 is 0. The van der Waals surface area contributed by atoms with Crippen LogP contribution in [0.3, 0.4) is 0 Å². The normalized spacial score (nSPS) is 9.95. The Morgan fingerprint density at radius 2 is 2.10 bits per heavy atom. The van der Waals surface area contributed by atoms with Gasteiger partial charge in [0.2, 0.25) is 5.91 Å². The second kappa shape index (κ2) is 7.32. The Morgan fingerprint density at radius 3 is 2.70 bits per heavy atom. The van der Waals surface area contributed by atoms with Crippen LogP contribution in [0.4, 0.5) is 15.8 Å². The van der Waals surface area contributed by atoms with Crippen LogP contribution in [-0.2, 0) is 9.53 Å². The lowest BCUT2D eigenvalue weighted by Crippen LogP contribution is -2.30. The molecule has 0 heterocycles. The summed E-state index contributed by atoms with van der Waals surface area (Å²) in [5.74, 6) is -1.57. The number of nitrogens with one attached hydrogen (secondary N) is 2. The lowest BCUT2D eigenvalue weighted by Gasteiger charge is -2.11. The molecule has 7 heteroatoms. The Bertz CT molecular complexity index is 506. The molecule has 0 fully saturated rings. The fraction of sp³-hybridized carbons (Fsp3) is 0.385. The second-order valence-corrected chi connectivity index (χ2v) is 4.11. The number of rotatable bonds is 6. The maximum Gasteiger partial charge on any atom is 0.340 e. The van der Waals surface area contributed by atoms with Gasteiger partial charge >= 0.3 is 5.97 Å². The Morgan fingerprint density at radius 1 is 1.40 bits per heavy atom. The number of carbonyl (C=O) groups excluding carboxylic acids is 2. The quantitative estimate of drug-likeness (QED) is 0.537. The predicted octanol–water partition coefficient (Wildman–Crippen LogP) is 1.13. The van der Waals surface area contributed by atoms with Gasteiger partial charge in [0.25, 0.3) is 0 Å². The average molecular weight is 283 g/mol. The van der Waals surface area contributed by atoms with Gasteiger partial charge in [-0.25, -0.2) is 9.18 Å². The standard InChI is InChI=1S/C13H18FN3O3/c1-3-4-16-12(18)7-17-11-5-8(13(19)20-2)10(15)6-9(11)14/h5-6,17H,3-4,7,15H2,1-2H3,(H,16,18). The van der Waals surface area contributed by atoms with E-state index < -0.39 is 11.8 Å². The number of anilines is 2. The number of nitrogens with two attached hydrogens (primary N) is 1. The molecule has 1 aromatic carbocycles. The van der Waals surface area contributed by atoms with E-state index in [1.807, 2.05) is 6.92 Å². The van der Waals surface area contributed by atoms with Gasteiger partial charge in [-0.2, -0.15) is 0 Å². The Kier molecular flexibility index (Phi) is 5.76. The summed E-state index contributed by atoms with van der Waals surface area (Å²) < 4.78 is 18.2. The maximum atomic E-state index is 13.7. The van der Waals surface area contributed by atoms with E-state index >= 15 is 0 Å². The van der Waals surface area contributed by atoms with Crippen molar-refractivity contribution < 1.29 is 18.7 Å². The van der Waals surface area contributed by atoms with Gasteiger partial charge in [-0.05, 0) is 18.6 Å². The highest BCUT2D eigenvalue weighted by Gasteiger charge is 2.15. The maximum absolute atomic E-state index is 13.7. The van der Waals surface area contributed by atoms with Crippen molar-refractivity contribution >= 4 is 23.3 Å². The molecule has 0 spiro atoms. The van der Waals surface area contributed by atoms with Gasteiger partial charge < -0.3 is 21.1 Å². The molecule has 1 aromatic rings. The number of hydrogen-bond donors (Lipinski definition) is 3. The van der Waals surface area contributed by atoms with Crippen molar-refractivity contribution in [2.75, 3.05) is 31.2 Å². The molecule has 0 radical (unpaired) electrons. The van der Waals surface area contributed by atoms with Crippen molar-refractivity contribution in [3.63, 3.8) is 0 Å². The zero-order chi connectivity index (χ0) is 15.1. The zero-order valence-electron chi connectivity index (χ0n) is 11.5. The highest BCUT2D eigenvalue weighted by atomic mass is 19.1. The summed E-state index contributed by atoms with van der Waals surface area (Å²) in [5, 5.41) is 5.26. The van der Waals surface area contributed by atoms with Crippen LogP contribution in [0.5, 0.6) is 0 Å². The van der Waals surface area contributed by atoms with Crippen LogP contribution in [0.1, 0.15) is 23.7 Å². The van der Waals surface area contributed by atoms with Crippen LogP contribution in [0.25, 0.3) is 0 Å². The molecule has 0 saturated heterocycles. The van der Waals surface area contributed by atoms with Crippen LogP contribution < -0.4 is 16.4 Å².